The molecule has 0 aromatic carbocycles. The quantitative estimate of drug-likeness (QED) is 0.603. The maximum absolute atomic E-state index is 12.2. The van der Waals surface area contributed by atoms with E-state index in [2.05, 4.69) is 20.8 Å². The first-order valence-electron chi connectivity index (χ1n) is 13.4. The summed E-state index contributed by atoms with van der Waals surface area (Å²) in [6.07, 6.45) is 6.78. The van der Waals surface area contributed by atoms with Crippen LogP contribution in [0.5, 0.6) is 0 Å². The fourth-order valence-electron chi connectivity index (χ4n) is 10.1. The molecule has 0 aromatic heterocycles. The van der Waals surface area contributed by atoms with Crippen molar-refractivity contribution < 1.29 is 33.6 Å². The summed E-state index contributed by atoms with van der Waals surface area (Å²) >= 11 is 0. The molecule has 0 amide bonds. The number of aliphatic hydroxyl groups is 1. The number of ether oxygens (including phenoxy) is 4. The minimum Gasteiger partial charge on any atom is -0.459 e. The summed E-state index contributed by atoms with van der Waals surface area (Å²) < 4.78 is 24.2. The Morgan fingerprint density at radius 1 is 1.09 bits per heavy atom. The van der Waals surface area contributed by atoms with Crippen LogP contribution in [0.3, 0.4) is 0 Å². The number of esters is 2. The predicted molar refractivity (Wildman–Crippen MR) is 121 cm³/mol. The van der Waals surface area contributed by atoms with Crippen LogP contribution in [0.25, 0.3) is 0 Å². The number of aliphatic hydroxyl groups excluding tert-OH is 1. The first-order chi connectivity index (χ1) is 16.1. The third-order valence-electron chi connectivity index (χ3n) is 11.5. The van der Waals surface area contributed by atoms with Crippen LogP contribution in [-0.2, 0) is 28.5 Å². The Balaban J connectivity index is 1.38. The molecule has 3 heterocycles. The molecule has 1 spiro atoms. The van der Waals surface area contributed by atoms with Crippen LogP contribution in [-0.4, -0.2) is 47.9 Å². The highest BCUT2D eigenvalue weighted by Crippen LogP contribution is 2.71. The molecule has 2 unspecified atom stereocenters. The maximum Gasteiger partial charge on any atom is 0.311 e. The van der Waals surface area contributed by atoms with E-state index in [1.807, 2.05) is 0 Å². The second kappa shape index (κ2) is 7.42. The zero-order valence-electron chi connectivity index (χ0n) is 21.0. The van der Waals surface area contributed by atoms with Crippen molar-refractivity contribution >= 4 is 11.9 Å². The van der Waals surface area contributed by atoms with Crippen molar-refractivity contribution in [1.82, 2.24) is 0 Å². The first kappa shape index (κ1) is 23.2. The molecule has 3 saturated heterocycles. The Bertz CT molecular complexity index is 890. The smallest absolute Gasteiger partial charge is 0.311 e. The highest BCUT2D eigenvalue weighted by Gasteiger charge is 2.71. The second-order valence-corrected chi connectivity index (χ2v) is 13.1. The van der Waals surface area contributed by atoms with Crippen molar-refractivity contribution in [3.8, 4) is 0 Å². The monoisotopic (exact) mass is 476 g/mol. The minimum atomic E-state index is -1.03. The lowest BCUT2D eigenvalue weighted by Gasteiger charge is -2.67. The first-order valence-corrected chi connectivity index (χ1v) is 13.4. The van der Waals surface area contributed by atoms with Crippen LogP contribution < -0.4 is 0 Å². The number of carbonyl (C=O) groups is 2. The molecule has 11 atom stereocenters. The number of rotatable bonds is 2. The van der Waals surface area contributed by atoms with E-state index in [9.17, 15) is 14.7 Å². The van der Waals surface area contributed by atoms with Gasteiger partial charge in [0, 0.05) is 19.4 Å². The SMILES string of the molecule is CC(=O)O[C@@H]1C[C@@H]2[C@H](CCC3[C@@]4(C)CCC[C@](C)(CO)C4CC[C@]32C)[C@@H]2O[C@H]3OC(=O)C[C@@]31O2. The van der Waals surface area contributed by atoms with Gasteiger partial charge in [-0.05, 0) is 78.9 Å². The van der Waals surface area contributed by atoms with Gasteiger partial charge in [-0.25, -0.2) is 0 Å². The lowest BCUT2D eigenvalue weighted by atomic mass is 9.38. The van der Waals surface area contributed by atoms with E-state index in [-0.39, 0.29) is 53.0 Å². The van der Waals surface area contributed by atoms with E-state index in [4.69, 9.17) is 18.9 Å². The second-order valence-electron chi connectivity index (χ2n) is 13.1. The number of fused-ring (bicyclic) bond motifs is 7. The molecule has 6 aliphatic rings. The lowest BCUT2D eigenvalue weighted by molar-refractivity contribution is -0.225. The van der Waals surface area contributed by atoms with E-state index < -0.39 is 24.3 Å². The Morgan fingerprint density at radius 2 is 1.88 bits per heavy atom. The fourth-order valence-corrected chi connectivity index (χ4v) is 10.1. The molecule has 3 saturated carbocycles. The normalized spacial score (nSPS) is 55.8. The zero-order valence-corrected chi connectivity index (χ0v) is 21.0. The lowest BCUT2D eigenvalue weighted by Crippen LogP contribution is -2.61. The van der Waals surface area contributed by atoms with Crippen molar-refractivity contribution in [2.24, 2.45) is 39.9 Å². The van der Waals surface area contributed by atoms with Crippen LogP contribution in [0, 0.1) is 39.9 Å². The Hall–Kier alpha value is -1.18. The summed E-state index contributed by atoms with van der Waals surface area (Å²) in [7, 11) is 0. The molecule has 3 aliphatic carbocycles. The maximum atomic E-state index is 12.2. The van der Waals surface area contributed by atoms with Gasteiger partial charge in [0.1, 0.15) is 6.10 Å². The van der Waals surface area contributed by atoms with Crippen molar-refractivity contribution in [3.05, 3.63) is 0 Å². The minimum absolute atomic E-state index is 0.00602. The molecular weight excluding hydrogens is 436 g/mol. The van der Waals surface area contributed by atoms with Crippen LogP contribution in [0.1, 0.15) is 85.5 Å². The van der Waals surface area contributed by atoms with Gasteiger partial charge in [-0.3, -0.25) is 9.59 Å². The molecule has 6 rings (SSSR count). The van der Waals surface area contributed by atoms with Gasteiger partial charge >= 0.3 is 11.9 Å². The average molecular weight is 477 g/mol. The molecule has 7 nitrogen and oxygen atoms in total. The van der Waals surface area contributed by atoms with Crippen LogP contribution in [0.4, 0.5) is 0 Å². The summed E-state index contributed by atoms with van der Waals surface area (Å²) in [5.74, 6) is 0.814. The molecule has 3 aliphatic heterocycles. The zero-order chi connectivity index (χ0) is 24.1. The van der Waals surface area contributed by atoms with Crippen molar-refractivity contribution in [1.29, 1.82) is 0 Å². The van der Waals surface area contributed by atoms with Gasteiger partial charge in [0.25, 0.3) is 0 Å². The Labute approximate surface area is 202 Å². The van der Waals surface area contributed by atoms with Gasteiger partial charge < -0.3 is 24.1 Å². The summed E-state index contributed by atoms with van der Waals surface area (Å²) in [5, 5.41) is 10.4. The summed E-state index contributed by atoms with van der Waals surface area (Å²) in [4.78, 5) is 24.4. The molecule has 1 N–H and O–H groups in total. The third-order valence-corrected chi connectivity index (χ3v) is 11.5. The molecule has 0 aromatic rings. The Kier molecular flexibility index (Phi) is 5.07. The number of hydrogen-bond donors (Lipinski definition) is 1. The van der Waals surface area contributed by atoms with Crippen molar-refractivity contribution in [2.75, 3.05) is 6.61 Å². The van der Waals surface area contributed by atoms with Gasteiger partial charge in [-0.15, -0.1) is 0 Å². The van der Waals surface area contributed by atoms with E-state index in [1.54, 1.807) is 0 Å². The fraction of sp³-hybridized carbons (Fsp3) is 0.926. The highest BCUT2D eigenvalue weighted by molar-refractivity contribution is 5.74. The van der Waals surface area contributed by atoms with Gasteiger partial charge in [0.2, 0.25) is 6.29 Å². The number of hydrogen-bond acceptors (Lipinski definition) is 7. The van der Waals surface area contributed by atoms with Gasteiger partial charge in [0.15, 0.2) is 11.9 Å². The van der Waals surface area contributed by atoms with Gasteiger partial charge in [-0.2, -0.15) is 0 Å². The average Bonchev–Trinajstić information content (AvgIpc) is 3.21. The summed E-state index contributed by atoms with van der Waals surface area (Å²) in [6.45, 7) is 8.93. The summed E-state index contributed by atoms with van der Waals surface area (Å²) in [5.41, 5.74) is -0.788. The third kappa shape index (κ3) is 2.92. The van der Waals surface area contributed by atoms with Crippen LogP contribution in [0.2, 0.25) is 0 Å². The van der Waals surface area contributed by atoms with E-state index in [0.29, 0.717) is 18.3 Å². The molecule has 190 valence electrons. The van der Waals surface area contributed by atoms with E-state index in [1.165, 1.54) is 19.8 Å². The van der Waals surface area contributed by atoms with E-state index >= 15 is 0 Å². The topological polar surface area (TPSA) is 91.3 Å². The molecule has 34 heavy (non-hydrogen) atoms. The standard InChI is InChI=1S/C27H40O7/c1-15(29)31-20-12-17-16(22-33-23-27(20,34-22)13-21(30)32-23)6-7-19-25(17,3)11-8-18-24(2,14-28)9-5-10-26(18,19)4/h16-20,22-23,28H,5-14H2,1-4H3/t16-,17+,18?,19?,20+,22+,23+,24+,25-,26-,27-/m0/s1. The largest absolute Gasteiger partial charge is 0.459 e. The number of carbonyl (C=O) groups excluding carboxylic acids is 2. The molecule has 0 radical (unpaired) electrons. The van der Waals surface area contributed by atoms with Crippen LogP contribution >= 0.6 is 0 Å². The highest BCUT2D eigenvalue weighted by atomic mass is 16.8. The van der Waals surface area contributed by atoms with Crippen molar-refractivity contribution in [2.45, 2.75) is 110 Å². The molecule has 6 fully saturated rings. The van der Waals surface area contributed by atoms with Gasteiger partial charge in [0.05, 0.1) is 6.42 Å². The Morgan fingerprint density at radius 3 is 2.62 bits per heavy atom. The molecular formula is C27H40O7. The van der Waals surface area contributed by atoms with Crippen LogP contribution in [0.15, 0.2) is 0 Å². The summed E-state index contributed by atoms with van der Waals surface area (Å²) in [6, 6.07) is 0. The van der Waals surface area contributed by atoms with Gasteiger partial charge in [-0.1, -0.05) is 27.2 Å². The molecule has 7 heteroatoms. The van der Waals surface area contributed by atoms with E-state index in [0.717, 1.165) is 32.1 Å². The molecule has 2 bridgehead atoms. The van der Waals surface area contributed by atoms with Crippen molar-refractivity contribution in [3.63, 3.8) is 0 Å². The predicted octanol–water partition coefficient (Wildman–Crippen LogP) is 3.95.